The van der Waals surface area contributed by atoms with Gasteiger partial charge in [0.05, 0.1) is 43.0 Å². The number of nitrogens with two attached hydrogens (primary N) is 1. The van der Waals surface area contributed by atoms with E-state index in [1.165, 1.54) is 11.9 Å². The van der Waals surface area contributed by atoms with Crippen LogP contribution >= 0.6 is 0 Å². The average Bonchev–Trinajstić information content (AvgIpc) is 3.52. The number of hydrogen-bond acceptors (Lipinski definition) is 16. The highest BCUT2D eigenvalue weighted by Gasteiger charge is 2.60. The van der Waals surface area contributed by atoms with Crippen LogP contribution in [0.5, 0.6) is 0 Å². The molecule has 8 N–H and O–H groups in total. The maximum atomic E-state index is 13.2. The number of nitrogens with one attached hydrogen (secondary N) is 2. The minimum absolute atomic E-state index is 0.00920. The summed E-state index contributed by atoms with van der Waals surface area (Å²) in [6.45, 7) is 1.35. The first-order chi connectivity index (χ1) is 27.9. The summed E-state index contributed by atoms with van der Waals surface area (Å²) >= 11 is 0. The zero-order valence-electron chi connectivity index (χ0n) is 32.1. The molecular weight excluding hydrogens is 764 g/mol. The number of fused-ring (bicyclic) bond motifs is 3. The number of aliphatic hydroxyl groups excluding tert-OH is 4. The molecule has 2 aromatic carbocycles. The summed E-state index contributed by atoms with van der Waals surface area (Å²) < 4.78 is 47.8. The van der Waals surface area contributed by atoms with Crippen LogP contribution in [0.2, 0.25) is 0 Å². The van der Waals surface area contributed by atoms with Gasteiger partial charge in [-0.15, -0.1) is 0 Å². The molecule has 19 nitrogen and oxygen atoms in total. The van der Waals surface area contributed by atoms with Crippen molar-refractivity contribution in [1.29, 1.82) is 0 Å². The van der Waals surface area contributed by atoms with Gasteiger partial charge < -0.3 is 74.7 Å². The lowest BCUT2D eigenvalue weighted by atomic mass is 9.85. The fourth-order valence-corrected chi connectivity index (χ4v) is 8.12. The summed E-state index contributed by atoms with van der Waals surface area (Å²) in [4.78, 5) is 40.2. The van der Waals surface area contributed by atoms with Crippen molar-refractivity contribution >= 4 is 18.3 Å². The third kappa shape index (κ3) is 9.33. The van der Waals surface area contributed by atoms with E-state index in [2.05, 4.69) is 10.6 Å². The maximum Gasteiger partial charge on any atom is 0.410 e. The molecule has 0 bridgehead atoms. The van der Waals surface area contributed by atoms with Crippen molar-refractivity contribution in [3.8, 4) is 0 Å². The molecule has 0 aromatic heterocycles. The van der Waals surface area contributed by atoms with Gasteiger partial charge in [-0.1, -0.05) is 67.6 Å². The van der Waals surface area contributed by atoms with Crippen LogP contribution in [0.15, 0.2) is 60.7 Å². The number of carbonyl (C=O) groups excluding carboxylic acids is 3. The minimum atomic E-state index is -1.59. The quantitative estimate of drug-likeness (QED) is 0.149. The molecule has 2 aromatic rings. The zero-order valence-corrected chi connectivity index (χ0v) is 32.1. The predicted molar refractivity (Wildman–Crippen MR) is 197 cm³/mol. The minimum Gasteiger partial charge on any atom is -0.445 e. The third-order valence-corrected chi connectivity index (χ3v) is 11.4. The fourth-order valence-electron chi connectivity index (χ4n) is 8.12. The Morgan fingerprint density at radius 3 is 2.03 bits per heavy atom. The molecule has 4 heterocycles. The number of ether oxygens (including phenoxy) is 8. The number of amides is 3. The van der Waals surface area contributed by atoms with Crippen LogP contribution in [0.25, 0.3) is 0 Å². The second kappa shape index (κ2) is 18.4. The molecular formula is C39H52N4O15. The normalized spacial score (nSPS) is 38.5. The van der Waals surface area contributed by atoms with Crippen molar-refractivity contribution in [3.63, 3.8) is 0 Å². The molecule has 318 valence electrons. The smallest absolute Gasteiger partial charge is 0.410 e. The molecule has 4 aliphatic heterocycles. The summed E-state index contributed by atoms with van der Waals surface area (Å²) in [5, 5.41) is 47.8. The van der Waals surface area contributed by atoms with Crippen molar-refractivity contribution in [1.82, 2.24) is 15.5 Å². The van der Waals surface area contributed by atoms with Gasteiger partial charge >= 0.3 is 18.3 Å². The molecule has 19 heteroatoms. The lowest BCUT2D eigenvalue weighted by Gasteiger charge is -2.50. The molecule has 1 aliphatic carbocycles. The van der Waals surface area contributed by atoms with Crippen LogP contribution < -0.4 is 16.4 Å². The lowest BCUT2D eigenvalue weighted by Crippen LogP contribution is -2.67. The van der Waals surface area contributed by atoms with E-state index < -0.39 is 117 Å². The molecule has 5 aliphatic rings. The van der Waals surface area contributed by atoms with Crippen LogP contribution in [0.3, 0.4) is 0 Å². The highest BCUT2D eigenvalue weighted by atomic mass is 16.8. The van der Waals surface area contributed by atoms with Crippen LogP contribution in [0.4, 0.5) is 14.4 Å². The highest BCUT2D eigenvalue weighted by Crippen LogP contribution is 2.42. The van der Waals surface area contributed by atoms with Gasteiger partial charge in [0, 0.05) is 19.4 Å². The van der Waals surface area contributed by atoms with E-state index in [1.807, 2.05) is 67.6 Å². The lowest BCUT2D eigenvalue weighted by molar-refractivity contribution is -0.374. The van der Waals surface area contributed by atoms with E-state index in [9.17, 15) is 34.8 Å². The molecule has 5 fully saturated rings. The Morgan fingerprint density at radius 2 is 1.41 bits per heavy atom. The fraction of sp³-hybridized carbons (Fsp3) is 0.615. The molecule has 0 radical (unpaired) electrons. The van der Waals surface area contributed by atoms with Gasteiger partial charge in [0.1, 0.15) is 43.7 Å². The van der Waals surface area contributed by atoms with E-state index in [1.54, 1.807) is 0 Å². The maximum absolute atomic E-state index is 13.2. The monoisotopic (exact) mass is 816 g/mol. The Labute approximate surface area is 334 Å². The second-order valence-electron chi connectivity index (χ2n) is 15.4. The molecule has 4 saturated heterocycles. The summed E-state index contributed by atoms with van der Waals surface area (Å²) in [6, 6.07) is 14.7. The van der Waals surface area contributed by atoms with Gasteiger partial charge in [-0.05, 0) is 24.0 Å². The predicted octanol–water partition coefficient (Wildman–Crippen LogP) is 0.194. The Balaban J connectivity index is 1.03. The molecule has 16 atom stereocenters. The number of rotatable bonds is 11. The first-order valence-corrected chi connectivity index (χ1v) is 19.5. The number of alkyl carbamates (subject to hydrolysis) is 2. The summed E-state index contributed by atoms with van der Waals surface area (Å²) in [7, 11) is 1.49. The number of nitrogens with zero attached hydrogens (tertiary/aromatic N) is 1. The molecule has 1 saturated carbocycles. The van der Waals surface area contributed by atoms with Crippen LogP contribution in [-0.2, 0) is 51.1 Å². The molecule has 9 unspecified atom stereocenters. The van der Waals surface area contributed by atoms with Gasteiger partial charge in [0.2, 0.25) is 0 Å². The van der Waals surface area contributed by atoms with Crippen molar-refractivity contribution < 1.29 is 72.7 Å². The number of carbonyl (C=O) groups is 3. The first-order valence-electron chi connectivity index (χ1n) is 19.5. The van der Waals surface area contributed by atoms with Gasteiger partial charge in [-0.2, -0.15) is 0 Å². The van der Waals surface area contributed by atoms with Gasteiger partial charge in [0.25, 0.3) is 0 Å². The molecule has 58 heavy (non-hydrogen) atoms. The van der Waals surface area contributed by atoms with E-state index in [-0.39, 0.29) is 32.0 Å². The Morgan fingerprint density at radius 1 is 0.793 bits per heavy atom. The Hall–Kier alpha value is -4.15. The summed E-state index contributed by atoms with van der Waals surface area (Å²) in [6.07, 6.45) is -13.9. The van der Waals surface area contributed by atoms with E-state index in [4.69, 9.17) is 43.6 Å². The average molecular weight is 817 g/mol. The largest absolute Gasteiger partial charge is 0.445 e. The van der Waals surface area contributed by atoms with E-state index >= 15 is 0 Å². The van der Waals surface area contributed by atoms with E-state index in [0.717, 1.165) is 11.1 Å². The standard InChI is InChI=1S/C39H52N4O15/c1-19-13-26-32(33-29(43(2)39(50)57-33)35(54-26)58-36-31(47)30(46)28(40)27(16-44)55-36)56-34(19)53-25-15-24(45)22(41-37(48)51-17-20-9-5-3-6-10-20)14-23(25)42-38(49)52-18-21-11-7-4-8-12-21/h3-12,19,22-36,44-47H,13-18,40H2,1-2H3,(H,41,48)(H,42,49)/t19?,22-,23?,24?,25+,26+,27?,28-,29?,30+,31?,32?,33?,34+,35?,36-/m1/s1. The Bertz CT molecular complexity index is 1700. The third-order valence-electron chi connectivity index (χ3n) is 11.4. The summed E-state index contributed by atoms with van der Waals surface area (Å²) in [5.41, 5.74) is 7.48. The molecule has 3 amide bonds. The van der Waals surface area contributed by atoms with Crippen molar-refractivity contribution in [2.75, 3.05) is 13.7 Å². The SMILES string of the molecule is CC1C[C@@H]2OC(O[C@H]3OC(CO)[C@@H](N)[C@H](O)C3O)C3C(OC(=O)N3C)C2O[C@@H]1O[C@H]1CC(O)[C@H](NC(=O)OCc2ccccc2)CC1NC(=O)OCc1ccccc1. The van der Waals surface area contributed by atoms with Crippen molar-refractivity contribution in [2.45, 2.75) is 131 Å². The van der Waals surface area contributed by atoms with Gasteiger partial charge in [0.15, 0.2) is 25.0 Å². The van der Waals surface area contributed by atoms with Gasteiger partial charge in [-0.3, -0.25) is 4.90 Å². The Kier molecular flexibility index (Phi) is 13.3. The van der Waals surface area contributed by atoms with Crippen molar-refractivity contribution in [3.05, 3.63) is 71.8 Å². The van der Waals surface area contributed by atoms with E-state index in [0.29, 0.717) is 6.42 Å². The van der Waals surface area contributed by atoms with Crippen molar-refractivity contribution in [2.24, 2.45) is 11.7 Å². The first kappa shape index (κ1) is 42.0. The topological polar surface area (TPSA) is 259 Å². The number of benzene rings is 2. The van der Waals surface area contributed by atoms with Gasteiger partial charge in [-0.25, -0.2) is 14.4 Å². The van der Waals surface area contributed by atoms with Crippen LogP contribution in [0.1, 0.15) is 37.3 Å². The van der Waals surface area contributed by atoms with Crippen LogP contribution in [0, 0.1) is 5.92 Å². The molecule has 0 spiro atoms. The molecule has 7 rings (SSSR count). The summed E-state index contributed by atoms with van der Waals surface area (Å²) in [5.74, 6) is -0.352. The highest BCUT2D eigenvalue weighted by molar-refractivity contribution is 5.71. The number of likely N-dealkylation sites (N-methyl/N-ethyl adjacent to an activating group) is 1. The zero-order chi connectivity index (χ0) is 41.1. The van der Waals surface area contributed by atoms with Crippen LogP contribution in [-0.4, -0.2) is 149 Å². The number of aliphatic hydroxyl groups is 4. The second-order valence-corrected chi connectivity index (χ2v) is 15.4. The number of hydrogen-bond donors (Lipinski definition) is 7.